The third-order valence-electron chi connectivity index (χ3n) is 3.72. The zero-order valence-corrected chi connectivity index (χ0v) is 17.6. The Morgan fingerprint density at radius 3 is 2.50 bits per heavy atom. The van der Waals surface area contributed by atoms with Crippen LogP contribution in [0.3, 0.4) is 0 Å². The number of rotatable bonds is 9. The molecule has 0 bridgehead atoms. The molecule has 28 heavy (non-hydrogen) atoms. The molecule has 1 aliphatic heterocycles. The highest BCUT2D eigenvalue weighted by Gasteiger charge is 2.32. The molecule has 1 heterocycles. The van der Waals surface area contributed by atoms with Crippen molar-refractivity contribution in [2.75, 3.05) is 26.4 Å². The lowest BCUT2D eigenvalue weighted by Crippen LogP contribution is -2.31. The maximum atomic E-state index is 12.4. The third kappa shape index (κ3) is 5.25. The Hall–Kier alpha value is -2.55. The van der Waals surface area contributed by atoms with Crippen LogP contribution in [0.1, 0.15) is 32.8 Å². The number of carbonyl (C=O) groups is 3. The number of hydrogen-bond acceptors (Lipinski definition) is 6. The molecule has 1 saturated heterocycles. The van der Waals surface area contributed by atoms with Gasteiger partial charge in [-0.2, -0.15) is 0 Å². The zero-order valence-electron chi connectivity index (χ0n) is 16.0. The number of imide groups is 1. The molecule has 3 amide bonds. The monoisotopic (exact) mass is 454 g/mol. The second kappa shape index (κ2) is 10.1. The van der Waals surface area contributed by atoms with E-state index in [1.165, 1.54) is 4.90 Å². The summed E-state index contributed by atoms with van der Waals surface area (Å²) >= 11 is 3.42. The Morgan fingerprint density at radius 1 is 1.14 bits per heavy atom. The first-order chi connectivity index (χ1) is 13.4. The van der Waals surface area contributed by atoms with Gasteiger partial charge >= 0.3 is 12.0 Å². The van der Waals surface area contributed by atoms with Crippen LogP contribution in [0.4, 0.5) is 4.79 Å². The summed E-state index contributed by atoms with van der Waals surface area (Å²) in [7, 11) is 0. The molecule has 0 radical (unpaired) electrons. The first kappa shape index (κ1) is 21.7. The molecule has 0 aromatic heterocycles. The Morgan fingerprint density at radius 2 is 1.86 bits per heavy atom. The summed E-state index contributed by atoms with van der Waals surface area (Å²) in [5.74, 6) is -0.0933. The average Bonchev–Trinajstić information content (AvgIpc) is 2.91. The summed E-state index contributed by atoms with van der Waals surface area (Å²) in [6.45, 7) is 6.18. The van der Waals surface area contributed by atoms with E-state index in [1.54, 1.807) is 25.1 Å². The van der Waals surface area contributed by atoms with Crippen molar-refractivity contribution in [3.63, 3.8) is 0 Å². The maximum absolute atomic E-state index is 12.4. The third-order valence-corrected chi connectivity index (χ3v) is 4.41. The quantitative estimate of drug-likeness (QED) is 0.350. The molecule has 0 aliphatic carbocycles. The molecule has 0 spiro atoms. The van der Waals surface area contributed by atoms with E-state index in [2.05, 4.69) is 21.2 Å². The van der Waals surface area contributed by atoms with Crippen LogP contribution in [-0.4, -0.2) is 49.2 Å². The van der Waals surface area contributed by atoms with Gasteiger partial charge in [-0.1, -0.05) is 22.9 Å². The van der Waals surface area contributed by atoms with E-state index in [0.717, 1.165) is 0 Å². The van der Waals surface area contributed by atoms with Crippen LogP contribution < -0.4 is 14.8 Å². The highest BCUT2D eigenvalue weighted by atomic mass is 79.9. The fraction of sp³-hybridized carbons (Fsp3) is 0.421. The van der Waals surface area contributed by atoms with Gasteiger partial charge in [-0.25, -0.2) is 9.59 Å². The fourth-order valence-electron chi connectivity index (χ4n) is 2.54. The van der Waals surface area contributed by atoms with Crippen molar-refractivity contribution in [1.29, 1.82) is 0 Å². The number of urea groups is 1. The second-order valence-corrected chi connectivity index (χ2v) is 6.65. The van der Waals surface area contributed by atoms with E-state index in [9.17, 15) is 14.4 Å². The molecule has 152 valence electrons. The summed E-state index contributed by atoms with van der Waals surface area (Å²) in [6.07, 6.45) is 2.24. The minimum Gasteiger partial charge on any atom is -0.490 e. The van der Waals surface area contributed by atoms with Crippen molar-refractivity contribution < 1.29 is 28.6 Å². The molecule has 1 aromatic rings. The smallest absolute Gasteiger partial charge is 0.344 e. The Balaban J connectivity index is 2.28. The van der Waals surface area contributed by atoms with Crippen molar-refractivity contribution in [1.82, 2.24) is 10.2 Å². The minimum absolute atomic E-state index is 0.182. The number of nitrogens with one attached hydrogen (secondary N) is 1. The highest BCUT2D eigenvalue weighted by Crippen LogP contribution is 2.35. The number of hydrogen-bond donors (Lipinski definition) is 1. The normalized spacial score (nSPS) is 15.0. The second-order valence-electron chi connectivity index (χ2n) is 5.79. The number of halogens is 1. The van der Waals surface area contributed by atoms with Crippen molar-refractivity contribution in [2.45, 2.75) is 27.2 Å². The molecule has 0 unspecified atom stereocenters. The van der Waals surface area contributed by atoms with Crippen molar-refractivity contribution >= 4 is 39.9 Å². The molecule has 8 nitrogen and oxygen atoms in total. The Kier molecular flexibility index (Phi) is 7.86. The summed E-state index contributed by atoms with van der Waals surface area (Å²) in [4.78, 5) is 37.0. The predicted octanol–water partition coefficient (Wildman–Crippen LogP) is 3.09. The molecular weight excluding hydrogens is 432 g/mol. The van der Waals surface area contributed by atoms with Gasteiger partial charge in [0.2, 0.25) is 0 Å². The van der Waals surface area contributed by atoms with Crippen LogP contribution in [0, 0.1) is 0 Å². The fourth-order valence-corrected chi connectivity index (χ4v) is 2.97. The largest absolute Gasteiger partial charge is 0.490 e. The zero-order chi connectivity index (χ0) is 20.7. The Labute approximate surface area is 171 Å². The van der Waals surface area contributed by atoms with Crippen molar-refractivity contribution in [2.24, 2.45) is 0 Å². The molecule has 1 fully saturated rings. The lowest BCUT2D eigenvalue weighted by molar-refractivity contribution is -0.145. The SMILES string of the molecule is CCCN1C(=O)N/C(=C/c2cc(OCC)c(OCC(=O)OCC)cc2Br)C1=O. The van der Waals surface area contributed by atoms with Crippen LogP contribution in [0.5, 0.6) is 11.5 Å². The number of esters is 1. The van der Waals surface area contributed by atoms with Crippen LogP contribution in [-0.2, 0) is 14.3 Å². The molecule has 9 heteroatoms. The van der Waals surface area contributed by atoms with Gasteiger partial charge in [0.1, 0.15) is 5.70 Å². The maximum Gasteiger partial charge on any atom is 0.344 e. The van der Waals surface area contributed by atoms with E-state index >= 15 is 0 Å². The topological polar surface area (TPSA) is 94.2 Å². The van der Waals surface area contributed by atoms with Gasteiger partial charge in [0, 0.05) is 11.0 Å². The van der Waals surface area contributed by atoms with Crippen LogP contribution in [0.2, 0.25) is 0 Å². The molecule has 0 atom stereocenters. The summed E-state index contributed by atoms with van der Waals surface area (Å²) in [6, 6.07) is 2.87. The van der Waals surface area contributed by atoms with Crippen LogP contribution in [0.15, 0.2) is 22.3 Å². The first-order valence-electron chi connectivity index (χ1n) is 9.00. The molecule has 1 N–H and O–H groups in total. The average molecular weight is 455 g/mol. The van der Waals surface area contributed by atoms with Crippen molar-refractivity contribution in [3.8, 4) is 11.5 Å². The van der Waals surface area contributed by atoms with Gasteiger partial charge in [-0.15, -0.1) is 0 Å². The number of benzene rings is 1. The summed E-state index contributed by atoms with van der Waals surface area (Å²) in [5, 5.41) is 2.58. The summed E-state index contributed by atoms with van der Waals surface area (Å²) < 4.78 is 16.5. The molecule has 1 aromatic carbocycles. The van der Waals surface area contributed by atoms with Gasteiger partial charge in [0.05, 0.1) is 13.2 Å². The lowest BCUT2D eigenvalue weighted by Gasteiger charge is -2.14. The van der Waals surface area contributed by atoms with Crippen molar-refractivity contribution in [3.05, 3.63) is 27.9 Å². The number of carbonyl (C=O) groups excluding carboxylic acids is 3. The van der Waals surface area contributed by atoms with E-state index in [0.29, 0.717) is 41.1 Å². The first-order valence-corrected chi connectivity index (χ1v) is 9.79. The van der Waals surface area contributed by atoms with E-state index < -0.39 is 12.0 Å². The Bertz CT molecular complexity index is 793. The minimum atomic E-state index is -0.484. The number of ether oxygens (including phenoxy) is 3. The van der Waals surface area contributed by atoms with Gasteiger partial charge in [-0.3, -0.25) is 9.69 Å². The van der Waals surface area contributed by atoms with E-state index in [-0.39, 0.29) is 24.8 Å². The van der Waals surface area contributed by atoms with Crippen LogP contribution >= 0.6 is 15.9 Å². The van der Waals surface area contributed by atoms with E-state index in [1.807, 2.05) is 13.8 Å². The summed E-state index contributed by atoms with van der Waals surface area (Å²) in [5.41, 5.74) is 0.802. The number of nitrogens with zero attached hydrogens (tertiary/aromatic N) is 1. The molecular formula is C19H23BrN2O6. The van der Waals surface area contributed by atoms with Gasteiger partial charge in [0.15, 0.2) is 18.1 Å². The lowest BCUT2D eigenvalue weighted by atomic mass is 10.1. The predicted molar refractivity (Wildman–Crippen MR) is 106 cm³/mol. The van der Waals surface area contributed by atoms with E-state index in [4.69, 9.17) is 14.2 Å². The van der Waals surface area contributed by atoms with Gasteiger partial charge in [0.25, 0.3) is 5.91 Å². The molecule has 2 rings (SSSR count). The standard InChI is InChI=1S/C19H23BrN2O6/c1-4-7-22-18(24)14(21-19(22)25)8-12-9-15(26-5-2)16(10-13(12)20)28-11-17(23)27-6-3/h8-10H,4-7,11H2,1-3H3,(H,21,25)/b14-8+. The van der Waals surface area contributed by atoms with Crippen LogP contribution in [0.25, 0.3) is 6.08 Å². The van der Waals surface area contributed by atoms with Gasteiger partial charge in [-0.05, 0) is 44.0 Å². The highest BCUT2D eigenvalue weighted by molar-refractivity contribution is 9.10. The van der Waals surface area contributed by atoms with Gasteiger partial charge < -0.3 is 19.5 Å². The number of amides is 3. The molecule has 0 saturated carbocycles. The molecule has 1 aliphatic rings.